The highest BCUT2D eigenvalue weighted by molar-refractivity contribution is 7.92. The standard InChI is InChI=1S/C24H32FN3O4S/c1-4-26-24(30)19(2)27(18-16-20-11-6-5-7-12-20)23(29)15-10-17-28(33(3,31)32)22-14-9-8-13-21(22)25/h5-9,11-14,19H,4,10,15-18H2,1-3H3,(H,26,30)/t19-/m1/s1. The average Bonchev–Trinajstić information content (AvgIpc) is 2.77. The predicted molar refractivity (Wildman–Crippen MR) is 128 cm³/mol. The number of sulfonamides is 1. The molecule has 0 unspecified atom stereocenters. The Morgan fingerprint density at radius 1 is 1.03 bits per heavy atom. The minimum Gasteiger partial charge on any atom is -0.355 e. The molecule has 1 N–H and O–H groups in total. The van der Waals surface area contributed by atoms with Crippen molar-refractivity contribution in [2.45, 2.75) is 39.2 Å². The van der Waals surface area contributed by atoms with Crippen molar-refractivity contribution in [3.8, 4) is 0 Å². The molecule has 180 valence electrons. The highest BCUT2D eigenvalue weighted by Crippen LogP contribution is 2.22. The minimum atomic E-state index is -3.74. The Hall–Kier alpha value is -2.94. The first-order valence-corrected chi connectivity index (χ1v) is 12.8. The summed E-state index contributed by atoms with van der Waals surface area (Å²) in [4.78, 5) is 27.0. The molecule has 0 saturated carbocycles. The van der Waals surface area contributed by atoms with Gasteiger partial charge in [-0.3, -0.25) is 13.9 Å². The molecular weight excluding hydrogens is 445 g/mol. The van der Waals surface area contributed by atoms with Gasteiger partial charge in [0.1, 0.15) is 11.9 Å². The van der Waals surface area contributed by atoms with Crippen molar-refractivity contribution in [2.24, 2.45) is 0 Å². The normalized spacial score (nSPS) is 12.1. The fourth-order valence-corrected chi connectivity index (χ4v) is 4.49. The maximum Gasteiger partial charge on any atom is 0.242 e. The lowest BCUT2D eigenvalue weighted by molar-refractivity contribution is -0.139. The summed E-state index contributed by atoms with van der Waals surface area (Å²) < 4.78 is 39.6. The number of rotatable bonds is 12. The molecule has 33 heavy (non-hydrogen) atoms. The van der Waals surface area contributed by atoms with E-state index < -0.39 is 21.9 Å². The van der Waals surface area contributed by atoms with E-state index in [1.54, 1.807) is 13.0 Å². The van der Waals surface area contributed by atoms with Crippen LogP contribution < -0.4 is 9.62 Å². The lowest BCUT2D eigenvalue weighted by Gasteiger charge is -2.29. The molecule has 0 aliphatic rings. The van der Waals surface area contributed by atoms with E-state index in [-0.39, 0.29) is 36.9 Å². The monoisotopic (exact) mass is 477 g/mol. The van der Waals surface area contributed by atoms with Gasteiger partial charge in [-0.15, -0.1) is 0 Å². The van der Waals surface area contributed by atoms with Gasteiger partial charge in [-0.2, -0.15) is 0 Å². The van der Waals surface area contributed by atoms with E-state index in [2.05, 4.69) is 5.32 Å². The Morgan fingerprint density at radius 2 is 1.67 bits per heavy atom. The molecular formula is C24H32FN3O4S. The van der Waals surface area contributed by atoms with Crippen molar-refractivity contribution in [1.29, 1.82) is 0 Å². The van der Waals surface area contributed by atoms with Gasteiger partial charge < -0.3 is 10.2 Å². The van der Waals surface area contributed by atoms with Gasteiger partial charge in [0, 0.05) is 26.1 Å². The second kappa shape index (κ2) is 12.3. The molecule has 0 aliphatic heterocycles. The van der Waals surface area contributed by atoms with Crippen LogP contribution in [0.15, 0.2) is 54.6 Å². The Bertz CT molecular complexity index is 1030. The molecule has 0 heterocycles. The maximum absolute atomic E-state index is 14.2. The Morgan fingerprint density at radius 3 is 2.27 bits per heavy atom. The predicted octanol–water partition coefficient (Wildman–Crippen LogP) is 2.97. The summed E-state index contributed by atoms with van der Waals surface area (Å²) in [6.45, 7) is 4.24. The van der Waals surface area contributed by atoms with Crippen molar-refractivity contribution < 1.29 is 22.4 Å². The molecule has 0 aliphatic carbocycles. The topological polar surface area (TPSA) is 86.8 Å². The highest BCUT2D eigenvalue weighted by Gasteiger charge is 2.26. The summed E-state index contributed by atoms with van der Waals surface area (Å²) in [5, 5.41) is 2.74. The summed E-state index contributed by atoms with van der Waals surface area (Å²) >= 11 is 0. The van der Waals surface area contributed by atoms with E-state index in [1.165, 1.54) is 23.1 Å². The molecule has 0 radical (unpaired) electrons. The molecule has 9 heteroatoms. The van der Waals surface area contributed by atoms with Gasteiger partial charge in [0.05, 0.1) is 11.9 Å². The quantitative estimate of drug-likeness (QED) is 0.509. The third-order valence-electron chi connectivity index (χ3n) is 5.28. The van der Waals surface area contributed by atoms with Crippen LogP contribution in [0.2, 0.25) is 0 Å². The fourth-order valence-electron chi connectivity index (χ4n) is 3.53. The van der Waals surface area contributed by atoms with Crippen LogP contribution in [0.25, 0.3) is 0 Å². The van der Waals surface area contributed by atoms with Crippen LogP contribution in [0.3, 0.4) is 0 Å². The Labute approximate surface area is 195 Å². The molecule has 7 nitrogen and oxygen atoms in total. The van der Waals surface area contributed by atoms with E-state index >= 15 is 0 Å². The van der Waals surface area contributed by atoms with Crippen molar-refractivity contribution in [3.05, 3.63) is 66.0 Å². The number of halogens is 1. The summed E-state index contributed by atoms with van der Waals surface area (Å²) in [7, 11) is -3.74. The zero-order valence-electron chi connectivity index (χ0n) is 19.3. The molecule has 2 aromatic carbocycles. The van der Waals surface area contributed by atoms with E-state index in [9.17, 15) is 22.4 Å². The van der Waals surface area contributed by atoms with E-state index in [0.29, 0.717) is 19.5 Å². The zero-order chi connectivity index (χ0) is 24.4. The number of carbonyl (C=O) groups is 2. The van der Waals surface area contributed by atoms with Gasteiger partial charge in [-0.05, 0) is 44.4 Å². The van der Waals surface area contributed by atoms with Crippen LogP contribution >= 0.6 is 0 Å². The average molecular weight is 478 g/mol. The zero-order valence-corrected chi connectivity index (χ0v) is 20.1. The maximum atomic E-state index is 14.2. The van der Waals surface area contributed by atoms with Crippen molar-refractivity contribution >= 4 is 27.5 Å². The molecule has 2 aromatic rings. The first-order valence-electron chi connectivity index (χ1n) is 11.0. The van der Waals surface area contributed by atoms with Gasteiger partial charge in [-0.25, -0.2) is 12.8 Å². The molecule has 0 fully saturated rings. The van der Waals surface area contributed by atoms with E-state index in [4.69, 9.17) is 0 Å². The smallest absolute Gasteiger partial charge is 0.242 e. The van der Waals surface area contributed by atoms with Crippen LogP contribution in [0.4, 0.5) is 10.1 Å². The third kappa shape index (κ3) is 7.85. The van der Waals surface area contributed by atoms with Crippen LogP contribution in [-0.2, 0) is 26.0 Å². The Kier molecular flexibility index (Phi) is 9.84. The molecule has 0 bridgehead atoms. The van der Waals surface area contributed by atoms with Crippen molar-refractivity contribution in [2.75, 3.05) is 30.2 Å². The minimum absolute atomic E-state index is 0.0268. The molecule has 0 saturated heterocycles. The number of hydrogen-bond acceptors (Lipinski definition) is 4. The van der Waals surface area contributed by atoms with E-state index in [1.807, 2.05) is 37.3 Å². The first kappa shape index (κ1) is 26.3. The molecule has 2 amide bonds. The first-order chi connectivity index (χ1) is 15.6. The summed E-state index contributed by atoms with van der Waals surface area (Å²) in [6.07, 6.45) is 1.80. The van der Waals surface area contributed by atoms with Crippen LogP contribution in [0, 0.1) is 5.82 Å². The van der Waals surface area contributed by atoms with Gasteiger partial charge in [0.2, 0.25) is 21.8 Å². The van der Waals surface area contributed by atoms with Crippen LogP contribution in [0.1, 0.15) is 32.3 Å². The number of likely N-dealkylation sites (N-methyl/N-ethyl adjacent to an activating group) is 1. The fraction of sp³-hybridized carbons (Fsp3) is 0.417. The molecule has 0 spiro atoms. The SMILES string of the molecule is CCNC(=O)[C@@H](C)N(CCc1ccccc1)C(=O)CCCN(c1ccccc1F)S(C)(=O)=O. The number of benzene rings is 2. The van der Waals surface area contributed by atoms with Crippen molar-refractivity contribution in [1.82, 2.24) is 10.2 Å². The number of para-hydroxylation sites is 1. The number of nitrogens with one attached hydrogen (secondary N) is 1. The van der Waals surface area contributed by atoms with Gasteiger partial charge >= 0.3 is 0 Å². The van der Waals surface area contributed by atoms with Gasteiger partial charge in [0.25, 0.3) is 0 Å². The van der Waals surface area contributed by atoms with Gasteiger partial charge in [0.15, 0.2) is 0 Å². The third-order valence-corrected chi connectivity index (χ3v) is 6.46. The van der Waals surface area contributed by atoms with E-state index in [0.717, 1.165) is 16.1 Å². The number of anilines is 1. The number of hydrogen-bond donors (Lipinski definition) is 1. The molecule has 2 rings (SSSR count). The van der Waals surface area contributed by atoms with Crippen LogP contribution in [0.5, 0.6) is 0 Å². The number of amides is 2. The second-order valence-corrected chi connectivity index (χ2v) is 9.69. The van der Waals surface area contributed by atoms with Crippen LogP contribution in [-0.4, -0.2) is 57.1 Å². The summed E-state index contributed by atoms with van der Waals surface area (Å²) in [5.74, 6) is -1.15. The summed E-state index contributed by atoms with van der Waals surface area (Å²) in [5.41, 5.74) is 0.991. The largest absolute Gasteiger partial charge is 0.355 e. The number of carbonyl (C=O) groups excluding carboxylic acids is 2. The summed E-state index contributed by atoms with van der Waals surface area (Å²) in [6, 6.07) is 14.6. The molecule has 0 aromatic heterocycles. The highest BCUT2D eigenvalue weighted by atomic mass is 32.2. The lowest BCUT2D eigenvalue weighted by Crippen LogP contribution is -2.48. The lowest BCUT2D eigenvalue weighted by atomic mass is 10.1. The van der Waals surface area contributed by atoms with Gasteiger partial charge in [-0.1, -0.05) is 42.5 Å². The molecule has 1 atom stereocenters. The number of nitrogens with zero attached hydrogens (tertiary/aromatic N) is 2. The van der Waals surface area contributed by atoms with Crippen molar-refractivity contribution in [3.63, 3.8) is 0 Å². The Balaban J connectivity index is 2.10. The second-order valence-electron chi connectivity index (χ2n) is 7.78.